The zero-order valence-corrected chi connectivity index (χ0v) is 12.9. The second-order valence-electron chi connectivity index (χ2n) is 5.30. The van der Waals surface area contributed by atoms with Crippen LogP contribution in [0.3, 0.4) is 0 Å². The molecule has 1 heterocycles. The molecule has 1 unspecified atom stereocenters. The Morgan fingerprint density at radius 2 is 2.00 bits per heavy atom. The molecular weight excluding hydrogens is 298 g/mol. The third kappa shape index (κ3) is 3.15. The first-order chi connectivity index (χ1) is 9.44. The van der Waals surface area contributed by atoms with Crippen molar-refractivity contribution in [1.29, 1.82) is 0 Å². The zero-order chi connectivity index (χ0) is 14.8. The van der Waals surface area contributed by atoms with Crippen molar-refractivity contribution in [1.82, 2.24) is 5.32 Å². The number of rotatable bonds is 4. The summed E-state index contributed by atoms with van der Waals surface area (Å²) in [5.41, 5.74) is -1.09. The molecule has 1 amide bonds. The van der Waals surface area contributed by atoms with Crippen LogP contribution in [0.1, 0.15) is 49.8 Å². The van der Waals surface area contributed by atoms with Gasteiger partial charge >= 0.3 is 5.97 Å². The molecule has 1 aliphatic rings. The van der Waals surface area contributed by atoms with E-state index < -0.39 is 11.5 Å². The summed E-state index contributed by atoms with van der Waals surface area (Å²) in [4.78, 5) is 24.7. The third-order valence-electron chi connectivity index (χ3n) is 3.89. The van der Waals surface area contributed by atoms with Crippen LogP contribution in [-0.2, 0) is 9.59 Å². The molecule has 110 valence electrons. The largest absolute Gasteiger partial charge is 0.480 e. The maximum atomic E-state index is 12.3. The molecule has 1 aromatic heterocycles. The van der Waals surface area contributed by atoms with Gasteiger partial charge in [0.05, 0.1) is 10.3 Å². The lowest BCUT2D eigenvalue weighted by Gasteiger charge is -2.34. The highest BCUT2D eigenvalue weighted by Crippen LogP contribution is 2.31. The molecule has 1 aliphatic carbocycles. The summed E-state index contributed by atoms with van der Waals surface area (Å²) in [5, 5.41) is 12.2. The minimum absolute atomic E-state index is 0.243. The first-order valence-corrected chi connectivity index (χ1v) is 7.95. The Balaban J connectivity index is 2.10. The molecule has 2 N–H and O–H groups in total. The maximum Gasteiger partial charge on any atom is 0.329 e. The van der Waals surface area contributed by atoms with Crippen LogP contribution in [0.2, 0.25) is 4.34 Å². The summed E-state index contributed by atoms with van der Waals surface area (Å²) in [7, 11) is 0. The summed E-state index contributed by atoms with van der Waals surface area (Å²) in [5.74, 6) is -1.56. The second-order valence-corrected chi connectivity index (χ2v) is 7.05. The summed E-state index contributed by atoms with van der Waals surface area (Å²) in [6.07, 6.45) is 3.72. The molecule has 0 radical (unpaired) electrons. The molecule has 0 bridgehead atoms. The van der Waals surface area contributed by atoms with E-state index in [9.17, 15) is 14.7 Å². The van der Waals surface area contributed by atoms with Crippen LogP contribution in [0.5, 0.6) is 0 Å². The number of thiophene rings is 1. The van der Waals surface area contributed by atoms with Crippen LogP contribution in [0.15, 0.2) is 12.1 Å². The molecule has 1 saturated carbocycles. The van der Waals surface area contributed by atoms with Gasteiger partial charge in [-0.3, -0.25) is 4.79 Å². The number of halogens is 1. The summed E-state index contributed by atoms with van der Waals surface area (Å²) < 4.78 is 0.630. The van der Waals surface area contributed by atoms with Crippen molar-refractivity contribution in [2.75, 3.05) is 0 Å². The average molecular weight is 316 g/mol. The van der Waals surface area contributed by atoms with Gasteiger partial charge in [0.25, 0.3) is 0 Å². The van der Waals surface area contributed by atoms with E-state index in [1.165, 1.54) is 11.3 Å². The van der Waals surface area contributed by atoms with Crippen molar-refractivity contribution in [2.24, 2.45) is 0 Å². The number of hydrogen-bond donors (Lipinski definition) is 2. The monoisotopic (exact) mass is 315 g/mol. The molecule has 0 saturated heterocycles. The van der Waals surface area contributed by atoms with Crippen LogP contribution >= 0.6 is 22.9 Å². The number of carbonyl (C=O) groups excluding carboxylic acids is 1. The maximum absolute atomic E-state index is 12.3. The lowest BCUT2D eigenvalue weighted by Crippen LogP contribution is -2.56. The van der Waals surface area contributed by atoms with Crippen LogP contribution in [0.25, 0.3) is 0 Å². The van der Waals surface area contributed by atoms with Crippen molar-refractivity contribution in [3.63, 3.8) is 0 Å². The number of hydrogen-bond acceptors (Lipinski definition) is 3. The second kappa shape index (κ2) is 6.14. The number of carboxylic acids is 1. The normalized spacial score (nSPS) is 19.3. The fraction of sp³-hybridized carbons (Fsp3) is 0.571. The van der Waals surface area contributed by atoms with Gasteiger partial charge in [0, 0.05) is 4.88 Å². The lowest BCUT2D eigenvalue weighted by molar-refractivity contribution is -0.149. The van der Waals surface area contributed by atoms with Gasteiger partial charge in [-0.25, -0.2) is 4.79 Å². The topological polar surface area (TPSA) is 66.4 Å². The van der Waals surface area contributed by atoms with E-state index in [1.807, 2.05) is 6.07 Å². The summed E-state index contributed by atoms with van der Waals surface area (Å²) in [6.45, 7) is 1.77. The van der Waals surface area contributed by atoms with E-state index in [0.29, 0.717) is 17.2 Å². The Kier molecular flexibility index (Phi) is 4.70. The Labute approximate surface area is 127 Å². The smallest absolute Gasteiger partial charge is 0.329 e. The number of aliphatic carboxylic acids is 1. The SMILES string of the molecule is CC(C(=O)NC1(C(=O)O)CCCCC1)c1ccc(Cl)s1. The minimum atomic E-state index is -1.09. The molecule has 2 rings (SSSR count). The van der Waals surface area contributed by atoms with E-state index in [0.717, 1.165) is 24.1 Å². The van der Waals surface area contributed by atoms with Gasteiger partial charge in [-0.15, -0.1) is 11.3 Å². The Morgan fingerprint density at radius 1 is 1.35 bits per heavy atom. The molecule has 0 aliphatic heterocycles. The number of carbonyl (C=O) groups is 2. The fourth-order valence-electron chi connectivity index (χ4n) is 2.58. The molecule has 1 atom stereocenters. The average Bonchev–Trinajstić information content (AvgIpc) is 2.85. The summed E-state index contributed by atoms with van der Waals surface area (Å²) in [6, 6.07) is 3.56. The minimum Gasteiger partial charge on any atom is -0.480 e. The highest BCUT2D eigenvalue weighted by atomic mass is 35.5. The van der Waals surface area contributed by atoms with Gasteiger partial charge in [-0.1, -0.05) is 30.9 Å². The van der Waals surface area contributed by atoms with Crippen LogP contribution in [0, 0.1) is 0 Å². The van der Waals surface area contributed by atoms with Crippen molar-refractivity contribution >= 4 is 34.8 Å². The van der Waals surface area contributed by atoms with Crippen molar-refractivity contribution in [2.45, 2.75) is 50.5 Å². The highest BCUT2D eigenvalue weighted by Gasteiger charge is 2.41. The van der Waals surface area contributed by atoms with E-state index in [1.54, 1.807) is 13.0 Å². The van der Waals surface area contributed by atoms with Gasteiger partial charge in [0.1, 0.15) is 5.54 Å². The molecule has 20 heavy (non-hydrogen) atoms. The first-order valence-electron chi connectivity index (χ1n) is 6.75. The number of nitrogens with one attached hydrogen (secondary N) is 1. The van der Waals surface area contributed by atoms with Gasteiger partial charge in [-0.05, 0) is 31.9 Å². The van der Waals surface area contributed by atoms with E-state index in [4.69, 9.17) is 11.6 Å². The summed E-state index contributed by atoms with van der Waals surface area (Å²) >= 11 is 7.22. The van der Waals surface area contributed by atoms with Crippen LogP contribution < -0.4 is 5.32 Å². The van der Waals surface area contributed by atoms with Crippen LogP contribution in [-0.4, -0.2) is 22.5 Å². The Hall–Kier alpha value is -1.07. The lowest BCUT2D eigenvalue weighted by atomic mass is 9.81. The molecule has 0 aromatic carbocycles. The van der Waals surface area contributed by atoms with Gasteiger partial charge in [0.15, 0.2) is 0 Å². The van der Waals surface area contributed by atoms with Gasteiger partial charge in [-0.2, -0.15) is 0 Å². The van der Waals surface area contributed by atoms with Gasteiger partial charge in [0.2, 0.25) is 5.91 Å². The van der Waals surface area contributed by atoms with E-state index in [-0.39, 0.29) is 11.8 Å². The fourth-order valence-corrected chi connectivity index (χ4v) is 3.69. The standard InChI is InChI=1S/C14H18ClNO3S/c1-9(10-5-6-11(15)20-10)12(17)16-14(13(18)19)7-3-2-4-8-14/h5-6,9H,2-4,7-8H2,1H3,(H,16,17)(H,18,19). The molecule has 6 heteroatoms. The highest BCUT2D eigenvalue weighted by molar-refractivity contribution is 7.16. The molecule has 4 nitrogen and oxygen atoms in total. The first kappa shape index (κ1) is 15.3. The van der Waals surface area contributed by atoms with Crippen molar-refractivity contribution in [3.8, 4) is 0 Å². The van der Waals surface area contributed by atoms with E-state index >= 15 is 0 Å². The Bertz CT molecular complexity index is 508. The molecule has 1 aromatic rings. The van der Waals surface area contributed by atoms with Crippen molar-refractivity contribution < 1.29 is 14.7 Å². The number of carboxylic acid groups (broad SMARTS) is 1. The predicted molar refractivity (Wildman–Crippen MR) is 79.3 cm³/mol. The third-order valence-corrected chi connectivity index (χ3v) is 5.31. The predicted octanol–water partition coefficient (Wildman–Crippen LogP) is 3.41. The van der Waals surface area contributed by atoms with Crippen molar-refractivity contribution in [3.05, 3.63) is 21.3 Å². The zero-order valence-electron chi connectivity index (χ0n) is 11.3. The van der Waals surface area contributed by atoms with E-state index in [2.05, 4.69) is 5.32 Å². The molecule has 1 fully saturated rings. The molecule has 0 spiro atoms. The Morgan fingerprint density at radius 3 is 2.50 bits per heavy atom. The van der Waals surface area contributed by atoms with Crippen LogP contribution in [0.4, 0.5) is 0 Å². The number of amides is 1. The quantitative estimate of drug-likeness (QED) is 0.894. The van der Waals surface area contributed by atoms with Gasteiger partial charge < -0.3 is 10.4 Å². The molecular formula is C14H18ClNO3S.